The summed E-state index contributed by atoms with van der Waals surface area (Å²) in [5, 5.41) is 0. The molecule has 21 heavy (non-hydrogen) atoms. The molecule has 1 unspecified atom stereocenters. The minimum Gasteiger partial charge on any atom is -0.369 e. The van der Waals surface area contributed by atoms with Gasteiger partial charge in [-0.3, -0.25) is 4.79 Å². The van der Waals surface area contributed by atoms with E-state index in [0.29, 0.717) is 19.3 Å². The minimum atomic E-state index is -0.296. The van der Waals surface area contributed by atoms with Gasteiger partial charge in [0, 0.05) is 12.0 Å². The molecular formula is C18H21N2O. The zero-order valence-corrected chi connectivity index (χ0v) is 12.0. The summed E-state index contributed by atoms with van der Waals surface area (Å²) in [4.78, 5) is 11.6. The summed E-state index contributed by atoms with van der Waals surface area (Å²) in [7, 11) is 0. The molecule has 0 bridgehead atoms. The van der Waals surface area contributed by atoms with E-state index in [9.17, 15) is 4.79 Å². The maximum atomic E-state index is 11.6. The van der Waals surface area contributed by atoms with Crippen LogP contribution in [0.4, 0.5) is 0 Å². The molecule has 1 amide bonds. The Morgan fingerprint density at radius 1 is 0.857 bits per heavy atom. The molecule has 2 aromatic rings. The Labute approximate surface area is 126 Å². The standard InChI is InChI=1S/C18H21N2O/c19-17(12-15-9-5-2-6-10-15)13-16(18(20)21)11-14-7-3-1-4-8-14/h1-10,16H,11-13,19H2,(H2,20,21). The molecule has 0 aliphatic rings. The van der Waals surface area contributed by atoms with Crippen LogP contribution < -0.4 is 11.5 Å². The molecule has 0 saturated heterocycles. The SMILES string of the molecule is N[C](Cc1ccccc1)CC(Cc1ccccc1)C(N)=O. The van der Waals surface area contributed by atoms with Gasteiger partial charge in [0.2, 0.25) is 5.91 Å². The van der Waals surface area contributed by atoms with E-state index in [0.717, 1.165) is 17.2 Å². The Morgan fingerprint density at radius 3 is 1.90 bits per heavy atom. The van der Waals surface area contributed by atoms with Crippen LogP contribution in [0, 0.1) is 12.0 Å². The average molecular weight is 281 g/mol. The largest absolute Gasteiger partial charge is 0.369 e. The number of hydrogen-bond acceptors (Lipinski definition) is 2. The van der Waals surface area contributed by atoms with Crippen molar-refractivity contribution in [2.45, 2.75) is 19.3 Å². The molecule has 2 aromatic carbocycles. The van der Waals surface area contributed by atoms with Crippen LogP contribution in [-0.4, -0.2) is 5.91 Å². The fourth-order valence-corrected chi connectivity index (χ4v) is 2.42. The highest BCUT2D eigenvalue weighted by Gasteiger charge is 2.20. The lowest BCUT2D eigenvalue weighted by Crippen LogP contribution is -2.29. The van der Waals surface area contributed by atoms with Gasteiger partial charge >= 0.3 is 0 Å². The van der Waals surface area contributed by atoms with E-state index in [2.05, 4.69) is 0 Å². The van der Waals surface area contributed by atoms with Crippen molar-refractivity contribution in [1.82, 2.24) is 0 Å². The molecule has 0 aliphatic carbocycles. The van der Waals surface area contributed by atoms with Crippen molar-refractivity contribution >= 4 is 5.91 Å². The summed E-state index contributed by atoms with van der Waals surface area (Å²) >= 11 is 0. The van der Waals surface area contributed by atoms with Gasteiger partial charge in [-0.15, -0.1) is 0 Å². The normalized spacial score (nSPS) is 12.3. The van der Waals surface area contributed by atoms with E-state index >= 15 is 0 Å². The smallest absolute Gasteiger partial charge is 0.220 e. The highest BCUT2D eigenvalue weighted by atomic mass is 16.1. The zero-order chi connectivity index (χ0) is 15.1. The summed E-state index contributed by atoms with van der Waals surface area (Å²) < 4.78 is 0. The number of primary amides is 1. The second-order valence-corrected chi connectivity index (χ2v) is 5.31. The number of nitrogens with two attached hydrogens (primary N) is 2. The predicted octanol–water partition coefficient (Wildman–Crippen LogP) is 2.45. The molecule has 0 spiro atoms. The van der Waals surface area contributed by atoms with Gasteiger partial charge in [0.25, 0.3) is 0 Å². The lowest BCUT2D eigenvalue weighted by atomic mass is 9.90. The Morgan fingerprint density at radius 2 is 1.38 bits per heavy atom. The van der Waals surface area contributed by atoms with Crippen molar-refractivity contribution in [3.05, 3.63) is 77.8 Å². The van der Waals surface area contributed by atoms with Crippen molar-refractivity contribution < 1.29 is 4.79 Å². The molecule has 3 nitrogen and oxygen atoms in total. The predicted molar refractivity (Wildman–Crippen MR) is 85.0 cm³/mol. The van der Waals surface area contributed by atoms with Gasteiger partial charge in [0.15, 0.2) is 0 Å². The van der Waals surface area contributed by atoms with E-state index in [4.69, 9.17) is 11.5 Å². The van der Waals surface area contributed by atoms with Crippen molar-refractivity contribution in [2.75, 3.05) is 0 Å². The molecule has 1 radical (unpaired) electrons. The van der Waals surface area contributed by atoms with E-state index in [-0.39, 0.29) is 11.8 Å². The molecule has 0 aromatic heterocycles. The van der Waals surface area contributed by atoms with Gasteiger partial charge in [-0.2, -0.15) is 0 Å². The number of benzene rings is 2. The Balaban J connectivity index is 1.95. The zero-order valence-electron chi connectivity index (χ0n) is 12.0. The molecule has 0 heterocycles. The first-order chi connectivity index (χ1) is 10.1. The molecule has 0 aliphatic heterocycles. The highest BCUT2D eigenvalue weighted by Crippen LogP contribution is 2.19. The second-order valence-electron chi connectivity index (χ2n) is 5.31. The minimum absolute atomic E-state index is 0.254. The first-order valence-corrected chi connectivity index (χ1v) is 7.12. The van der Waals surface area contributed by atoms with Gasteiger partial charge in [-0.25, -0.2) is 0 Å². The number of carbonyl (C=O) groups excluding carboxylic acids is 1. The summed E-state index contributed by atoms with van der Waals surface area (Å²) in [6, 6.07) is 20.7. The van der Waals surface area contributed by atoms with Crippen molar-refractivity contribution in [3.8, 4) is 0 Å². The first kappa shape index (κ1) is 15.3. The van der Waals surface area contributed by atoms with Gasteiger partial charge in [0.1, 0.15) is 0 Å². The van der Waals surface area contributed by atoms with Gasteiger partial charge < -0.3 is 11.5 Å². The first-order valence-electron chi connectivity index (χ1n) is 7.12. The van der Waals surface area contributed by atoms with Crippen LogP contribution in [0.1, 0.15) is 17.5 Å². The van der Waals surface area contributed by atoms with E-state index in [1.54, 1.807) is 0 Å². The maximum absolute atomic E-state index is 11.6. The summed E-state index contributed by atoms with van der Waals surface area (Å²) in [6.07, 6.45) is 1.84. The van der Waals surface area contributed by atoms with Gasteiger partial charge in [-0.1, -0.05) is 60.7 Å². The second kappa shape index (κ2) is 7.60. The quantitative estimate of drug-likeness (QED) is 0.818. The number of rotatable bonds is 7. The molecule has 2 rings (SSSR count). The van der Waals surface area contributed by atoms with Crippen LogP contribution in [0.3, 0.4) is 0 Å². The molecule has 0 saturated carbocycles. The summed E-state index contributed by atoms with van der Waals surface area (Å²) in [5.74, 6) is -0.550. The third-order valence-corrected chi connectivity index (χ3v) is 3.51. The summed E-state index contributed by atoms with van der Waals surface area (Å²) in [6.45, 7) is 0. The Bertz CT molecular complexity index is 554. The van der Waals surface area contributed by atoms with Gasteiger partial charge in [0.05, 0.1) is 0 Å². The van der Waals surface area contributed by atoms with Crippen LogP contribution in [-0.2, 0) is 17.6 Å². The van der Waals surface area contributed by atoms with E-state index in [1.165, 1.54) is 0 Å². The number of carbonyl (C=O) groups is 1. The van der Waals surface area contributed by atoms with Crippen LogP contribution in [0.2, 0.25) is 0 Å². The highest BCUT2D eigenvalue weighted by molar-refractivity contribution is 5.77. The van der Waals surface area contributed by atoms with Crippen LogP contribution in [0.15, 0.2) is 60.7 Å². The summed E-state index contributed by atoms with van der Waals surface area (Å²) in [5.41, 5.74) is 13.9. The lowest BCUT2D eigenvalue weighted by molar-refractivity contribution is -0.121. The average Bonchev–Trinajstić information content (AvgIpc) is 2.48. The number of amides is 1. The third-order valence-electron chi connectivity index (χ3n) is 3.51. The van der Waals surface area contributed by atoms with Crippen molar-refractivity contribution in [2.24, 2.45) is 17.4 Å². The molecular weight excluding hydrogens is 260 g/mol. The van der Waals surface area contributed by atoms with Crippen molar-refractivity contribution in [3.63, 3.8) is 0 Å². The Hall–Kier alpha value is -2.13. The molecule has 4 N–H and O–H groups in total. The van der Waals surface area contributed by atoms with Crippen LogP contribution in [0.5, 0.6) is 0 Å². The van der Waals surface area contributed by atoms with Crippen LogP contribution in [0.25, 0.3) is 0 Å². The van der Waals surface area contributed by atoms with E-state index < -0.39 is 0 Å². The van der Waals surface area contributed by atoms with E-state index in [1.807, 2.05) is 60.7 Å². The monoisotopic (exact) mass is 281 g/mol. The molecule has 1 atom stereocenters. The third kappa shape index (κ3) is 5.04. The molecule has 3 heteroatoms. The topological polar surface area (TPSA) is 69.1 Å². The maximum Gasteiger partial charge on any atom is 0.220 e. The fourth-order valence-electron chi connectivity index (χ4n) is 2.42. The van der Waals surface area contributed by atoms with Crippen LogP contribution >= 0.6 is 0 Å². The lowest BCUT2D eigenvalue weighted by Gasteiger charge is -2.18. The fraction of sp³-hybridized carbons (Fsp3) is 0.222. The molecule has 109 valence electrons. The number of hydrogen-bond donors (Lipinski definition) is 2. The van der Waals surface area contributed by atoms with Gasteiger partial charge in [-0.05, 0) is 30.4 Å². The molecule has 0 fully saturated rings. The van der Waals surface area contributed by atoms with Crippen molar-refractivity contribution in [1.29, 1.82) is 0 Å². The Kier molecular flexibility index (Phi) is 5.52.